The lowest BCUT2D eigenvalue weighted by molar-refractivity contribution is -0.870. The average molecular weight is 1160 g/mol. The number of carbonyl (C=O) groups excluding carboxylic acids is 3. The van der Waals surface area contributed by atoms with Crippen LogP contribution in [0.15, 0.2) is 24.3 Å². The summed E-state index contributed by atoms with van der Waals surface area (Å²) in [7, 11) is 5.94. The normalized spacial score (nSPS) is 12.7. The fourth-order valence-corrected chi connectivity index (χ4v) is 10.9. The third kappa shape index (κ3) is 65.3. The fraction of sp³-hybridized carbons (Fsp3) is 0.904. The minimum Gasteiger partial charge on any atom is -0.545 e. The second kappa shape index (κ2) is 64.8. The Kier molecular flexibility index (Phi) is 63.0. The van der Waals surface area contributed by atoms with Crippen LogP contribution >= 0.6 is 0 Å². The first kappa shape index (κ1) is 79.8. The molecule has 0 fully saturated rings. The highest BCUT2D eigenvalue weighted by Crippen LogP contribution is 2.19. The van der Waals surface area contributed by atoms with E-state index in [-0.39, 0.29) is 38.6 Å². The largest absolute Gasteiger partial charge is 0.545 e. The molecule has 0 aromatic carbocycles. The maximum absolute atomic E-state index is 12.9. The number of aliphatic carboxylic acids is 1. The molecule has 2 unspecified atom stereocenters. The molecule has 0 aliphatic heterocycles. The van der Waals surface area contributed by atoms with Crippen LogP contribution in [-0.2, 0) is 33.3 Å². The minimum absolute atomic E-state index is 0.150. The smallest absolute Gasteiger partial charge is 0.306 e. The van der Waals surface area contributed by atoms with Gasteiger partial charge in [0.2, 0.25) is 0 Å². The number of esters is 2. The molecule has 0 radical (unpaired) electrons. The molecule has 0 rings (SSSR count). The summed E-state index contributed by atoms with van der Waals surface area (Å²) in [5.41, 5.74) is 0. The van der Waals surface area contributed by atoms with E-state index in [2.05, 4.69) is 38.2 Å². The molecule has 484 valence electrons. The standard InChI is InChI=1S/C73H139NO8/c1-6-8-10-12-14-16-18-20-22-24-25-26-27-28-29-30-31-32-33-34-35-36-37-38-39-40-41-42-43-44-45-46-47-48-50-52-54-56-58-60-62-64-71(76)82-69(68-81-73(72(77)78)79-66-65-74(3,4)5)67-80-70(75)63-61-59-57-55-53-51-49-23-21-19-17-15-13-11-9-7-2/h23-25,49,69,73H,6-22,26-48,50-68H2,1-5H3/b25-24-,49-23-. The molecular formula is C73H139NO8. The number of hydrogen-bond donors (Lipinski definition) is 0. The lowest BCUT2D eigenvalue weighted by atomic mass is 10.0. The van der Waals surface area contributed by atoms with Gasteiger partial charge in [-0.2, -0.15) is 0 Å². The van der Waals surface area contributed by atoms with Crippen molar-refractivity contribution in [3.05, 3.63) is 24.3 Å². The molecule has 0 amide bonds. The maximum Gasteiger partial charge on any atom is 0.306 e. The summed E-state index contributed by atoms with van der Waals surface area (Å²) in [6.45, 7) is 4.79. The van der Waals surface area contributed by atoms with Crippen LogP contribution in [0.1, 0.15) is 367 Å². The summed E-state index contributed by atoms with van der Waals surface area (Å²) in [5, 5.41) is 11.8. The van der Waals surface area contributed by atoms with Crippen LogP contribution in [0, 0.1) is 0 Å². The predicted molar refractivity (Wildman–Crippen MR) is 348 cm³/mol. The highest BCUT2D eigenvalue weighted by molar-refractivity contribution is 5.70. The van der Waals surface area contributed by atoms with Crippen LogP contribution in [0.2, 0.25) is 0 Å². The monoisotopic (exact) mass is 1160 g/mol. The van der Waals surface area contributed by atoms with Crippen molar-refractivity contribution in [2.75, 3.05) is 47.5 Å². The average Bonchev–Trinajstić information content (AvgIpc) is 3.45. The van der Waals surface area contributed by atoms with Gasteiger partial charge in [-0.1, -0.05) is 314 Å². The molecule has 0 aromatic rings. The lowest BCUT2D eigenvalue weighted by Gasteiger charge is -2.26. The van der Waals surface area contributed by atoms with E-state index >= 15 is 0 Å². The van der Waals surface area contributed by atoms with E-state index in [0.717, 1.165) is 57.8 Å². The minimum atomic E-state index is -1.62. The van der Waals surface area contributed by atoms with E-state index in [1.54, 1.807) is 0 Å². The van der Waals surface area contributed by atoms with E-state index in [4.69, 9.17) is 18.9 Å². The van der Waals surface area contributed by atoms with Crippen LogP contribution < -0.4 is 5.11 Å². The Hall–Kier alpha value is -2.23. The summed E-state index contributed by atoms with van der Waals surface area (Å²) in [6, 6.07) is 0. The van der Waals surface area contributed by atoms with Crippen molar-refractivity contribution in [2.24, 2.45) is 0 Å². The number of carboxylic acids is 1. The highest BCUT2D eigenvalue weighted by Gasteiger charge is 2.22. The second-order valence-corrected chi connectivity index (χ2v) is 25.9. The molecule has 0 saturated carbocycles. The topological polar surface area (TPSA) is 111 Å². The van der Waals surface area contributed by atoms with Gasteiger partial charge in [-0.05, 0) is 64.2 Å². The summed E-state index contributed by atoms with van der Waals surface area (Å²) < 4.78 is 22.8. The molecule has 0 saturated heterocycles. The van der Waals surface area contributed by atoms with Crippen molar-refractivity contribution in [2.45, 2.75) is 379 Å². The molecule has 0 bridgehead atoms. The molecule has 82 heavy (non-hydrogen) atoms. The Bertz CT molecular complexity index is 1390. The zero-order chi connectivity index (χ0) is 59.8. The lowest BCUT2D eigenvalue weighted by Crippen LogP contribution is -2.44. The number of likely N-dealkylation sites (N-methyl/N-ethyl adjacent to an activating group) is 1. The van der Waals surface area contributed by atoms with Crippen LogP contribution in [0.4, 0.5) is 0 Å². The third-order valence-corrected chi connectivity index (χ3v) is 16.4. The molecule has 0 aliphatic rings. The Balaban J connectivity index is 3.89. The van der Waals surface area contributed by atoms with Crippen molar-refractivity contribution < 1.29 is 42.9 Å². The van der Waals surface area contributed by atoms with Gasteiger partial charge in [0.1, 0.15) is 13.2 Å². The molecule has 0 aromatic heterocycles. The zero-order valence-electron chi connectivity index (χ0n) is 55.4. The Morgan fingerprint density at radius 2 is 0.622 bits per heavy atom. The fourth-order valence-electron chi connectivity index (χ4n) is 10.9. The molecule has 0 N–H and O–H groups in total. The van der Waals surface area contributed by atoms with E-state index in [1.165, 1.54) is 283 Å². The van der Waals surface area contributed by atoms with Gasteiger partial charge in [0, 0.05) is 12.8 Å². The van der Waals surface area contributed by atoms with Gasteiger partial charge < -0.3 is 33.3 Å². The van der Waals surface area contributed by atoms with Gasteiger partial charge in [0.25, 0.3) is 0 Å². The number of rotatable bonds is 68. The maximum atomic E-state index is 12.9. The van der Waals surface area contributed by atoms with Crippen molar-refractivity contribution in [1.82, 2.24) is 0 Å². The Morgan fingerprint density at radius 3 is 0.902 bits per heavy atom. The molecule has 9 nitrogen and oxygen atoms in total. The van der Waals surface area contributed by atoms with E-state index in [9.17, 15) is 19.5 Å². The molecule has 0 aliphatic carbocycles. The van der Waals surface area contributed by atoms with Crippen molar-refractivity contribution in [3.8, 4) is 0 Å². The Morgan fingerprint density at radius 1 is 0.354 bits per heavy atom. The number of carboxylic acid groups (broad SMARTS) is 1. The first-order chi connectivity index (χ1) is 40.1. The van der Waals surface area contributed by atoms with E-state index in [0.29, 0.717) is 11.0 Å². The predicted octanol–water partition coefficient (Wildman–Crippen LogP) is 20.9. The van der Waals surface area contributed by atoms with Crippen molar-refractivity contribution in [1.29, 1.82) is 0 Å². The van der Waals surface area contributed by atoms with Gasteiger partial charge in [-0.15, -0.1) is 0 Å². The molecule has 0 spiro atoms. The van der Waals surface area contributed by atoms with Crippen molar-refractivity contribution in [3.63, 3.8) is 0 Å². The quantitative estimate of drug-likeness (QED) is 0.0195. The Labute approximate surface area is 509 Å². The molecule has 2 atom stereocenters. The second-order valence-electron chi connectivity index (χ2n) is 25.9. The zero-order valence-corrected chi connectivity index (χ0v) is 55.4. The summed E-state index contributed by atoms with van der Waals surface area (Å²) >= 11 is 0. The number of allylic oxidation sites excluding steroid dienone is 4. The molecule has 0 heterocycles. The highest BCUT2D eigenvalue weighted by atomic mass is 16.7. The van der Waals surface area contributed by atoms with Crippen LogP contribution in [0.25, 0.3) is 0 Å². The summed E-state index contributed by atoms with van der Waals surface area (Å²) in [6.07, 6.45) is 77.3. The molecular weight excluding hydrogens is 1020 g/mol. The first-order valence-electron chi connectivity index (χ1n) is 36.0. The van der Waals surface area contributed by atoms with Gasteiger partial charge in [-0.3, -0.25) is 9.59 Å². The van der Waals surface area contributed by atoms with E-state index in [1.807, 2.05) is 21.1 Å². The first-order valence-corrected chi connectivity index (χ1v) is 36.0. The van der Waals surface area contributed by atoms with Gasteiger partial charge >= 0.3 is 11.9 Å². The number of ether oxygens (including phenoxy) is 4. The van der Waals surface area contributed by atoms with Gasteiger partial charge in [0.05, 0.1) is 40.3 Å². The SMILES string of the molecule is CCCCCCCCC/C=C\CCCCCCCC(=O)OCC(COC(OCC[N+](C)(C)C)C(=O)[O-])OC(=O)CCCCCCCCCCCCCCCCCCCCCCCCCCCCCCC/C=C\CCCCCCCCCC. The summed E-state index contributed by atoms with van der Waals surface area (Å²) in [5.74, 6) is -2.27. The van der Waals surface area contributed by atoms with Crippen LogP contribution in [-0.4, -0.2) is 82.3 Å². The molecule has 9 heteroatoms. The third-order valence-electron chi connectivity index (χ3n) is 16.4. The van der Waals surface area contributed by atoms with Crippen LogP contribution in [0.5, 0.6) is 0 Å². The number of nitrogens with zero attached hydrogens (tertiary/aromatic N) is 1. The van der Waals surface area contributed by atoms with Gasteiger partial charge in [0.15, 0.2) is 12.4 Å². The number of carbonyl (C=O) groups is 3. The van der Waals surface area contributed by atoms with Gasteiger partial charge in [-0.25, -0.2) is 0 Å². The summed E-state index contributed by atoms with van der Waals surface area (Å²) in [4.78, 5) is 37.4. The number of hydrogen-bond acceptors (Lipinski definition) is 8. The van der Waals surface area contributed by atoms with E-state index < -0.39 is 24.3 Å². The number of quaternary nitrogens is 1. The van der Waals surface area contributed by atoms with Crippen molar-refractivity contribution >= 4 is 17.9 Å². The number of unbranched alkanes of at least 4 members (excludes halogenated alkanes) is 49. The van der Waals surface area contributed by atoms with Crippen LogP contribution in [0.3, 0.4) is 0 Å².